The van der Waals surface area contributed by atoms with Crippen molar-refractivity contribution in [3.63, 3.8) is 0 Å². The standard InChI is InChI=1S/C20H30N2O3/c1-7-21-8-2-17(1)14-25-15-18-13-22(19-3-9-23-10-4-19)16-20(18)5-11-24-12-6-20/h1-2,7-8,18-19H,3-6,9-16H2. The van der Waals surface area contributed by atoms with Gasteiger partial charge >= 0.3 is 0 Å². The van der Waals surface area contributed by atoms with Gasteiger partial charge in [-0.05, 0) is 48.8 Å². The van der Waals surface area contributed by atoms with Crippen LogP contribution in [0, 0.1) is 11.3 Å². The molecule has 1 atom stereocenters. The zero-order valence-electron chi connectivity index (χ0n) is 15.1. The fraction of sp³-hybridized carbons (Fsp3) is 0.750. The summed E-state index contributed by atoms with van der Waals surface area (Å²) in [5.41, 5.74) is 1.59. The molecule has 3 fully saturated rings. The molecule has 0 aromatic carbocycles. The summed E-state index contributed by atoms with van der Waals surface area (Å²) < 4.78 is 17.4. The van der Waals surface area contributed by atoms with Gasteiger partial charge in [-0.3, -0.25) is 9.88 Å². The molecule has 0 N–H and O–H groups in total. The summed E-state index contributed by atoms with van der Waals surface area (Å²) in [6.45, 7) is 7.56. The van der Waals surface area contributed by atoms with Crippen molar-refractivity contribution >= 4 is 0 Å². The van der Waals surface area contributed by atoms with Crippen molar-refractivity contribution in [1.29, 1.82) is 0 Å². The van der Waals surface area contributed by atoms with E-state index in [-0.39, 0.29) is 0 Å². The topological polar surface area (TPSA) is 43.8 Å². The van der Waals surface area contributed by atoms with Crippen LogP contribution in [0.4, 0.5) is 0 Å². The molecule has 4 heterocycles. The molecule has 3 aliphatic rings. The van der Waals surface area contributed by atoms with Gasteiger partial charge in [0.05, 0.1) is 13.2 Å². The van der Waals surface area contributed by atoms with Crippen LogP contribution in [0.3, 0.4) is 0 Å². The smallest absolute Gasteiger partial charge is 0.0718 e. The first kappa shape index (κ1) is 17.4. The second-order valence-corrected chi connectivity index (χ2v) is 7.82. The van der Waals surface area contributed by atoms with Crippen LogP contribution < -0.4 is 0 Å². The summed E-state index contributed by atoms with van der Waals surface area (Å²) in [6, 6.07) is 4.76. The van der Waals surface area contributed by atoms with Crippen LogP contribution in [0.1, 0.15) is 31.2 Å². The van der Waals surface area contributed by atoms with Gasteiger partial charge < -0.3 is 14.2 Å². The molecule has 1 unspecified atom stereocenters. The third-order valence-electron chi connectivity index (χ3n) is 6.37. The number of likely N-dealkylation sites (tertiary alicyclic amines) is 1. The van der Waals surface area contributed by atoms with E-state index in [1.807, 2.05) is 24.5 Å². The maximum absolute atomic E-state index is 6.15. The highest BCUT2D eigenvalue weighted by Crippen LogP contribution is 2.45. The molecule has 5 nitrogen and oxygen atoms in total. The molecule has 3 saturated heterocycles. The number of rotatable bonds is 5. The molecule has 0 saturated carbocycles. The molecular weight excluding hydrogens is 316 g/mol. The normalized spacial score (nSPS) is 27.8. The Hall–Kier alpha value is -1.01. The molecule has 5 heteroatoms. The molecule has 138 valence electrons. The Labute approximate surface area is 150 Å². The highest BCUT2D eigenvalue weighted by molar-refractivity contribution is 5.08. The Kier molecular flexibility index (Phi) is 5.66. The molecule has 0 amide bonds. The van der Waals surface area contributed by atoms with Crippen molar-refractivity contribution in [3.8, 4) is 0 Å². The van der Waals surface area contributed by atoms with E-state index in [0.29, 0.717) is 24.0 Å². The van der Waals surface area contributed by atoms with Crippen molar-refractivity contribution in [2.24, 2.45) is 11.3 Å². The summed E-state index contributed by atoms with van der Waals surface area (Å²) in [5, 5.41) is 0. The van der Waals surface area contributed by atoms with Crippen molar-refractivity contribution in [3.05, 3.63) is 30.1 Å². The van der Waals surface area contributed by atoms with Crippen LogP contribution in [0.2, 0.25) is 0 Å². The number of nitrogens with zero attached hydrogens (tertiary/aromatic N) is 2. The lowest BCUT2D eigenvalue weighted by Crippen LogP contribution is -2.41. The summed E-state index contributed by atoms with van der Waals surface area (Å²) in [4.78, 5) is 6.81. The van der Waals surface area contributed by atoms with E-state index in [9.17, 15) is 0 Å². The summed E-state index contributed by atoms with van der Waals surface area (Å²) in [6.07, 6.45) is 8.38. The molecule has 0 bridgehead atoms. The van der Waals surface area contributed by atoms with Gasteiger partial charge in [0.25, 0.3) is 0 Å². The van der Waals surface area contributed by atoms with E-state index in [4.69, 9.17) is 14.2 Å². The van der Waals surface area contributed by atoms with E-state index in [0.717, 1.165) is 33.0 Å². The maximum atomic E-state index is 6.15. The van der Waals surface area contributed by atoms with Crippen molar-refractivity contribution in [2.75, 3.05) is 46.1 Å². The van der Waals surface area contributed by atoms with Crippen LogP contribution in [-0.2, 0) is 20.8 Å². The third-order valence-corrected chi connectivity index (χ3v) is 6.37. The Balaban J connectivity index is 1.38. The molecule has 1 spiro atoms. The van der Waals surface area contributed by atoms with Crippen molar-refractivity contribution < 1.29 is 14.2 Å². The Morgan fingerprint density at radius 3 is 2.56 bits per heavy atom. The highest BCUT2D eigenvalue weighted by Gasteiger charge is 2.48. The summed E-state index contributed by atoms with van der Waals surface area (Å²) >= 11 is 0. The highest BCUT2D eigenvalue weighted by atomic mass is 16.5. The minimum Gasteiger partial charge on any atom is -0.381 e. The molecule has 0 radical (unpaired) electrons. The largest absolute Gasteiger partial charge is 0.381 e. The predicted octanol–water partition coefficient (Wildman–Crippen LogP) is 2.51. The predicted molar refractivity (Wildman–Crippen MR) is 95.3 cm³/mol. The number of hydrogen-bond donors (Lipinski definition) is 0. The fourth-order valence-electron chi connectivity index (χ4n) is 4.78. The van der Waals surface area contributed by atoms with Gasteiger partial charge in [0, 0.05) is 63.9 Å². The van der Waals surface area contributed by atoms with Gasteiger partial charge in [0.1, 0.15) is 0 Å². The van der Waals surface area contributed by atoms with Crippen LogP contribution >= 0.6 is 0 Å². The minimum absolute atomic E-state index is 0.384. The molecular formula is C20H30N2O3. The van der Waals surface area contributed by atoms with Crippen molar-refractivity contribution in [1.82, 2.24) is 9.88 Å². The van der Waals surface area contributed by atoms with Gasteiger partial charge in [-0.1, -0.05) is 0 Å². The number of aromatic nitrogens is 1. The lowest BCUT2D eigenvalue weighted by molar-refractivity contribution is -0.0274. The Morgan fingerprint density at radius 1 is 1.08 bits per heavy atom. The molecule has 0 aliphatic carbocycles. The maximum Gasteiger partial charge on any atom is 0.0718 e. The molecule has 1 aromatic heterocycles. The van der Waals surface area contributed by atoms with E-state index in [1.165, 1.54) is 44.3 Å². The van der Waals surface area contributed by atoms with E-state index in [2.05, 4.69) is 9.88 Å². The fourth-order valence-corrected chi connectivity index (χ4v) is 4.78. The Morgan fingerprint density at radius 2 is 1.80 bits per heavy atom. The molecule has 25 heavy (non-hydrogen) atoms. The monoisotopic (exact) mass is 346 g/mol. The van der Waals surface area contributed by atoms with Gasteiger partial charge in [0.15, 0.2) is 0 Å². The lowest BCUT2D eigenvalue weighted by atomic mass is 9.72. The lowest BCUT2D eigenvalue weighted by Gasteiger charge is -2.38. The van der Waals surface area contributed by atoms with Crippen LogP contribution in [0.5, 0.6) is 0 Å². The second kappa shape index (κ2) is 8.12. The number of hydrogen-bond acceptors (Lipinski definition) is 5. The summed E-state index contributed by atoms with van der Waals surface area (Å²) in [5.74, 6) is 0.612. The zero-order chi connectivity index (χ0) is 17.0. The quantitative estimate of drug-likeness (QED) is 0.820. The molecule has 1 aromatic rings. The Bertz CT molecular complexity index is 527. The summed E-state index contributed by atoms with van der Waals surface area (Å²) in [7, 11) is 0. The van der Waals surface area contributed by atoms with Crippen LogP contribution in [-0.4, -0.2) is 62.0 Å². The first-order valence-corrected chi connectivity index (χ1v) is 9.72. The van der Waals surface area contributed by atoms with Gasteiger partial charge in [-0.25, -0.2) is 0 Å². The SMILES string of the molecule is c1cc(COCC2CN(C3CCOCC3)CC23CCOCC3)ccn1. The first-order valence-electron chi connectivity index (χ1n) is 9.72. The molecule has 3 aliphatic heterocycles. The van der Waals surface area contributed by atoms with Crippen LogP contribution in [0.15, 0.2) is 24.5 Å². The number of ether oxygens (including phenoxy) is 3. The van der Waals surface area contributed by atoms with Gasteiger partial charge in [0.2, 0.25) is 0 Å². The van der Waals surface area contributed by atoms with E-state index in [1.54, 1.807) is 0 Å². The third kappa shape index (κ3) is 4.05. The number of pyridine rings is 1. The van der Waals surface area contributed by atoms with Crippen molar-refractivity contribution in [2.45, 2.75) is 38.3 Å². The van der Waals surface area contributed by atoms with Gasteiger partial charge in [-0.2, -0.15) is 0 Å². The van der Waals surface area contributed by atoms with Crippen LogP contribution in [0.25, 0.3) is 0 Å². The molecule has 4 rings (SSSR count). The first-order chi connectivity index (χ1) is 12.4. The zero-order valence-corrected chi connectivity index (χ0v) is 15.1. The van der Waals surface area contributed by atoms with E-state index >= 15 is 0 Å². The van der Waals surface area contributed by atoms with Gasteiger partial charge in [-0.15, -0.1) is 0 Å². The average molecular weight is 346 g/mol. The average Bonchev–Trinajstić information content (AvgIpc) is 3.02. The minimum atomic E-state index is 0.384. The van der Waals surface area contributed by atoms with E-state index < -0.39 is 0 Å². The second-order valence-electron chi connectivity index (χ2n) is 7.82.